The van der Waals surface area contributed by atoms with Gasteiger partial charge in [0.05, 0.1) is 22.7 Å². The first kappa shape index (κ1) is 27.0. The van der Waals surface area contributed by atoms with Crippen molar-refractivity contribution in [2.24, 2.45) is 0 Å². The number of fused-ring (bicyclic) bond motifs is 5. The Morgan fingerprint density at radius 1 is 0.404 bits per heavy atom. The lowest BCUT2D eigenvalue weighted by Crippen LogP contribution is -2.17. The van der Waals surface area contributed by atoms with Crippen LogP contribution in [0.15, 0.2) is 182 Å². The molecule has 1 aliphatic rings. The van der Waals surface area contributed by atoms with Gasteiger partial charge >= 0.3 is 0 Å². The molecule has 3 heteroatoms. The van der Waals surface area contributed by atoms with E-state index in [-0.39, 0.29) is 0 Å². The van der Waals surface area contributed by atoms with E-state index in [0.29, 0.717) is 0 Å². The first-order valence-electron chi connectivity index (χ1n) is 15.9. The van der Waals surface area contributed by atoms with Gasteiger partial charge in [0.25, 0.3) is 0 Å². The minimum Gasteiger partial charge on any atom is -0.453 e. The molecule has 0 aliphatic carbocycles. The van der Waals surface area contributed by atoms with E-state index in [0.717, 1.165) is 45.6 Å². The highest BCUT2D eigenvalue weighted by molar-refractivity contribution is 6.14. The number of hydrogen-bond acceptors (Lipinski definition) is 3. The normalized spacial score (nSPS) is 12.0. The summed E-state index contributed by atoms with van der Waals surface area (Å²) in [5, 5.41) is 4.86. The van der Waals surface area contributed by atoms with Crippen molar-refractivity contribution in [3.63, 3.8) is 0 Å². The zero-order chi connectivity index (χ0) is 31.2. The predicted octanol–water partition coefficient (Wildman–Crippen LogP) is 12.7. The third-order valence-electron chi connectivity index (χ3n) is 9.00. The topological polar surface area (TPSA) is 15.7 Å². The predicted molar refractivity (Wildman–Crippen MR) is 196 cm³/mol. The first-order valence-corrected chi connectivity index (χ1v) is 15.9. The van der Waals surface area contributed by atoms with Crippen molar-refractivity contribution in [1.82, 2.24) is 0 Å². The van der Waals surface area contributed by atoms with Crippen LogP contribution >= 0.6 is 0 Å². The summed E-state index contributed by atoms with van der Waals surface area (Å²) in [6, 6.07) is 64.3. The summed E-state index contributed by atoms with van der Waals surface area (Å²) >= 11 is 0. The van der Waals surface area contributed by atoms with Gasteiger partial charge in [0.15, 0.2) is 11.5 Å². The van der Waals surface area contributed by atoms with Crippen molar-refractivity contribution in [2.45, 2.75) is 0 Å². The molecule has 0 saturated carbocycles. The van der Waals surface area contributed by atoms with E-state index in [1.54, 1.807) is 0 Å². The number of hydrogen-bond donors (Lipinski definition) is 0. The molecule has 0 fully saturated rings. The molecule has 8 aromatic carbocycles. The molecule has 0 spiro atoms. The van der Waals surface area contributed by atoms with Crippen LogP contribution < -0.4 is 14.5 Å². The minimum atomic E-state index is 0.807. The monoisotopic (exact) mass is 602 g/mol. The Balaban J connectivity index is 1.26. The fourth-order valence-corrected chi connectivity index (χ4v) is 6.82. The van der Waals surface area contributed by atoms with Crippen molar-refractivity contribution in [3.8, 4) is 22.6 Å². The Morgan fingerprint density at radius 2 is 1.00 bits per heavy atom. The molecule has 0 unspecified atom stereocenters. The van der Waals surface area contributed by atoms with E-state index in [2.05, 4.69) is 180 Å². The van der Waals surface area contributed by atoms with Crippen LogP contribution in [0.1, 0.15) is 0 Å². The summed E-state index contributed by atoms with van der Waals surface area (Å²) in [6.07, 6.45) is 0. The van der Waals surface area contributed by atoms with Gasteiger partial charge < -0.3 is 14.5 Å². The molecule has 0 radical (unpaired) electrons. The summed E-state index contributed by atoms with van der Waals surface area (Å²) < 4.78 is 6.66. The molecule has 9 rings (SSSR count). The van der Waals surface area contributed by atoms with Gasteiger partial charge in [-0.1, -0.05) is 121 Å². The van der Waals surface area contributed by atoms with E-state index in [1.807, 2.05) is 12.1 Å². The third-order valence-corrected chi connectivity index (χ3v) is 9.00. The summed E-state index contributed by atoms with van der Waals surface area (Å²) in [7, 11) is 0. The van der Waals surface area contributed by atoms with Crippen molar-refractivity contribution in [1.29, 1.82) is 0 Å². The minimum absolute atomic E-state index is 0.807. The van der Waals surface area contributed by atoms with Gasteiger partial charge in [-0.2, -0.15) is 0 Å². The highest BCUT2D eigenvalue weighted by atomic mass is 16.5. The highest BCUT2D eigenvalue weighted by Crippen LogP contribution is 2.52. The zero-order valence-electron chi connectivity index (χ0n) is 25.6. The second kappa shape index (κ2) is 11.2. The second-order valence-corrected chi connectivity index (χ2v) is 11.8. The summed E-state index contributed by atoms with van der Waals surface area (Å²) in [6.45, 7) is 0. The molecule has 0 amide bonds. The molecular weight excluding hydrogens is 572 g/mol. The number of para-hydroxylation sites is 3. The van der Waals surface area contributed by atoms with Crippen LogP contribution in [0, 0.1) is 0 Å². The van der Waals surface area contributed by atoms with E-state index in [9.17, 15) is 0 Å². The Hall–Kier alpha value is -6.32. The largest absolute Gasteiger partial charge is 0.453 e. The molecule has 0 bridgehead atoms. The van der Waals surface area contributed by atoms with Crippen LogP contribution in [0.5, 0.6) is 11.5 Å². The smallest absolute Gasteiger partial charge is 0.153 e. The summed E-state index contributed by atoms with van der Waals surface area (Å²) in [5.41, 5.74) is 8.69. The molecular formula is C44H30N2O. The molecule has 1 heterocycles. The van der Waals surface area contributed by atoms with Crippen LogP contribution in [0.25, 0.3) is 32.7 Å². The number of benzene rings is 8. The van der Waals surface area contributed by atoms with Crippen molar-refractivity contribution < 1.29 is 4.74 Å². The maximum absolute atomic E-state index is 6.66. The third kappa shape index (κ3) is 4.68. The SMILES string of the molecule is c1ccc(-c2ccc(N(c3ccc4c(c3)Oc3ccccc3N4c3ccccc3)c3cc4ccccc4c4ccccc34)cc2)cc1. The van der Waals surface area contributed by atoms with Crippen molar-refractivity contribution in [3.05, 3.63) is 182 Å². The van der Waals surface area contributed by atoms with Gasteiger partial charge in [0.1, 0.15) is 0 Å². The lowest BCUT2D eigenvalue weighted by molar-refractivity contribution is 0.477. The van der Waals surface area contributed by atoms with E-state index in [4.69, 9.17) is 4.74 Å². The fraction of sp³-hybridized carbons (Fsp3) is 0. The van der Waals surface area contributed by atoms with Crippen molar-refractivity contribution >= 4 is 55.7 Å². The van der Waals surface area contributed by atoms with E-state index >= 15 is 0 Å². The summed E-state index contributed by atoms with van der Waals surface area (Å²) in [4.78, 5) is 4.64. The average molecular weight is 603 g/mol. The summed E-state index contributed by atoms with van der Waals surface area (Å²) in [5.74, 6) is 1.64. The number of nitrogens with zero attached hydrogens (tertiary/aromatic N) is 2. The van der Waals surface area contributed by atoms with E-state index in [1.165, 1.54) is 32.7 Å². The molecule has 222 valence electrons. The molecule has 0 N–H and O–H groups in total. The van der Waals surface area contributed by atoms with Crippen LogP contribution in [0.2, 0.25) is 0 Å². The molecule has 3 nitrogen and oxygen atoms in total. The molecule has 0 atom stereocenters. The van der Waals surface area contributed by atoms with Gasteiger partial charge in [0, 0.05) is 22.8 Å². The quantitative estimate of drug-likeness (QED) is 0.182. The van der Waals surface area contributed by atoms with Gasteiger partial charge in [-0.05, 0) is 81.9 Å². The lowest BCUT2D eigenvalue weighted by Gasteiger charge is -2.34. The molecule has 8 aromatic rings. The zero-order valence-corrected chi connectivity index (χ0v) is 25.6. The van der Waals surface area contributed by atoms with E-state index < -0.39 is 0 Å². The number of ether oxygens (including phenoxy) is 1. The van der Waals surface area contributed by atoms with Crippen LogP contribution in [-0.4, -0.2) is 0 Å². The molecule has 0 aromatic heterocycles. The molecule has 47 heavy (non-hydrogen) atoms. The van der Waals surface area contributed by atoms with Gasteiger partial charge in [0.2, 0.25) is 0 Å². The maximum atomic E-state index is 6.66. The molecule has 1 aliphatic heterocycles. The van der Waals surface area contributed by atoms with Crippen molar-refractivity contribution in [2.75, 3.05) is 9.80 Å². The maximum Gasteiger partial charge on any atom is 0.153 e. The second-order valence-electron chi connectivity index (χ2n) is 11.8. The molecule has 0 saturated heterocycles. The standard InChI is InChI=1S/C44H30N2O/c1-3-13-31(14-4-1)32-23-25-35(26-24-32)45(42-29-33-15-7-8-18-37(33)38-19-9-10-20-39(38)42)36-27-28-41-44(30-36)47-43-22-12-11-21-40(43)46(41)34-16-5-2-6-17-34/h1-30H. The fourth-order valence-electron chi connectivity index (χ4n) is 6.82. The Kier molecular flexibility index (Phi) is 6.46. The van der Waals surface area contributed by atoms with Gasteiger partial charge in [-0.25, -0.2) is 0 Å². The lowest BCUT2D eigenvalue weighted by atomic mass is 9.98. The van der Waals surface area contributed by atoms with Crippen LogP contribution in [0.3, 0.4) is 0 Å². The Labute approximate surface area is 274 Å². The van der Waals surface area contributed by atoms with Gasteiger partial charge in [-0.15, -0.1) is 0 Å². The van der Waals surface area contributed by atoms with Crippen LogP contribution in [0.4, 0.5) is 34.1 Å². The number of rotatable bonds is 5. The number of anilines is 6. The van der Waals surface area contributed by atoms with Gasteiger partial charge in [-0.3, -0.25) is 0 Å². The Morgan fingerprint density at radius 3 is 1.81 bits per heavy atom. The highest BCUT2D eigenvalue weighted by Gasteiger charge is 2.27. The first-order chi connectivity index (χ1) is 23.3. The average Bonchev–Trinajstić information content (AvgIpc) is 3.15. The van der Waals surface area contributed by atoms with Crippen LogP contribution in [-0.2, 0) is 0 Å². The Bertz CT molecular complexity index is 2380.